The number of nitrogens with one attached hydrogen (secondary N) is 1. The van der Waals surface area contributed by atoms with Crippen molar-refractivity contribution in [3.05, 3.63) is 59.5 Å². The highest BCUT2D eigenvalue weighted by Crippen LogP contribution is 2.28. The molecule has 24 heavy (non-hydrogen) atoms. The lowest BCUT2D eigenvalue weighted by molar-refractivity contribution is 0.191. The van der Waals surface area contributed by atoms with Crippen molar-refractivity contribution < 1.29 is 4.42 Å². The molecule has 3 N–H and O–H groups in total. The minimum Gasteiger partial charge on any atom is -0.459 e. The van der Waals surface area contributed by atoms with Crippen LogP contribution in [0.4, 0.5) is 0 Å². The van der Waals surface area contributed by atoms with Gasteiger partial charge in [-0.15, -0.1) is 0 Å². The molecule has 0 bridgehead atoms. The number of piperidine rings is 1. The number of hydrazone groups is 1. The third-order valence-corrected chi connectivity index (χ3v) is 4.38. The molecule has 0 aliphatic carbocycles. The van der Waals surface area contributed by atoms with Crippen molar-refractivity contribution in [2.75, 3.05) is 13.1 Å². The zero-order chi connectivity index (χ0) is 16.8. The molecule has 1 aliphatic heterocycles. The molecule has 1 aromatic heterocycles. The third-order valence-electron chi connectivity index (χ3n) is 4.29. The number of thiocarbonyl (C=S) groups is 1. The maximum atomic E-state index is 5.76. The lowest BCUT2D eigenvalue weighted by atomic mass is 9.89. The maximum absolute atomic E-state index is 5.76. The highest BCUT2D eigenvalue weighted by molar-refractivity contribution is 7.80. The van der Waals surface area contributed by atoms with Crippen molar-refractivity contribution in [2.24, 2.45) is 10.8 Å². The van der Waals surface area contributed by atoms with E-state index in [1.165, 1.54) is 18.4 Å². The van der Waals surface area contributed by atoms with Crippen LogP contribution in [0.15, 0.2) is 52.0 Å². The summed E-state index contributed by atoms with van der Waals surface area (Å²) in [6, 6.07) is 14.7. The normalized spacial score (nSPS) is 16.5. The Morgan fingerprint density at radius 2 is 2.00 bits per heavy atom. The molecule has 0 atom stereocenters. The largest absolute Gasteiger partial charge is 0.459 e. The Balaban J connectivity index is 1.49. The Morgan fingerprint density at radius 1 is 1.25 bits per heavy atom. The Labute approximate surface area is 147 Å². The van der Waals surface area contributed by atoms with Crippen molar-refractivity contribution in [3.8, 4) is 0 Å². The number of rotatable bonds is 5. The predicted octanol–water partition coefficient (Wildman–Crippen LogP) is 2.83. The van der Waals surface area contributed by atoms with E-state index in [9.17, 15) is 0 Å². The van der Waals surface area contributed by atoms with Crippen LogP contribution in [0.5, 0.6) is 0 Å². The number of nitrogens with two attached hydrogens (primary N) is 1. The number of hydrogen-bond donors (Lipinski definition) is 2. The number of likely N-dealkylation sites (tertiary alicyclic amines) is 1. The predicted molar refractivity (Wildman–Crippen MR) is 99.9 cm³/mol. The quantitative estimate of drug-likeness (QED) is 0.497. The van der Waals surface area contributed by atoms with Crippen LogP contribution in [0.25, 0.3) is 0 Å². The standard InChI is InChI=1S/C18H22N4OS/c19-18(24)21-20-12-16-6-7-17(23-16)13-22-10-8-15(9-11-22)14-4-2-1-3-5-14/h1-7,12,15H,8-11,13H2,(H3,19,21,24)/b20-12+. The van der Waals surface area contributed by atoms with Crippen LogP contribution in [0.2, 0.25) is 0 Å². The average molecular weight is 342 g/mol. The van der Waals surface area contributed by atoms with Crippen LogP contribution in [0, 0.1) is 0 Å². The van der Waals surface area contributed by atoms with E-state index < -0.39 is 0 Å². The van der Waals surface area contributed by atoms with Crippen LogP contribution in [-0.2, 0) is 6.54 Å². The van der Waals surface area contributed by atoms with E-state index in [1.807, 2.05) is 12.1 Å². The molecule has 2 heterocycles. The van der Waals surface area contributed by atoms with E-state index in [1.54, 1.807) is 6.21 Å². The van der Waals surface area contributed by atoms with Gasteiger partial charge < -0.3 is 10.2 Å². The van der Waals surface area contributed by atoms with Gasteiger partial charge in [0.25, 0.3) is 0 Å². The van der Waals surface area contributed by atoms with Crippen molar-refractivity contribution in [1.82, 2.24) is 10.3 Å². The van der Waals surface area contributed by atoms with Gasteiger partial charge in [-0.2, -0.15) is 5.10 Å². The van der Waals surface area contributed by atoms with Gasteiger partial charge in [0.2, 0.25) is 0 Å². The highest BCUT2D eigenvalue weighted by atomic mass is 32.1. The van der Waals surface area contributed by atoms with E-state index in [-0.39, 0.29) is 5.11 Å². The third kappa shape index (κ3) is 4.66. The minimum atomic E-state index is 0.138. The van der Waals surface area contributed by atoms with Crippen LogP contribution in [0.1, 0.15) is 35.8 Å². The van der Waals surface area contributed by atoms with E-state index >= 15 is 0 Å². The summed E-state index contributed by atoms with van der Waals surface area (Å²) in [6.07, 6.45) is 3.96. The Morgan fingerprint density at radius 3 is 2.71 bits per heavy atom. The molecule has 6 heteroatoms. The van der Waals surface area contributed by atoms with Crippen molar-refractivity contribution >= 4 is 23.5 Å². The summed E-state index contributed by atoms with van der Waals surface area (Å²) in [5.41, 5.74) is 9.28. The van der Waals surface area contributed by atoms with Gasteiger partial charge in [-0.05, 0) is 61.8 Å². The molecular weight excluding hydrogens is 320 g/mol. The fraction of sp³-hybridized carbons (Fsp3) is 0.333. The molecular formula is C18H22N4OS. The van der Waals surface area contributed by atoms with Gasteiger partial charge in [-0.25, -0.2) is 0 Å². The minimum absolute atomic E-state index is 0.138. The molecule has 0 saturated carbocycles. The van der Waals surface area contributed by atoms with Gasteiger partial charge in [0, 0.05) is 0 Å². The van der Waals surface area contributed by atoms with Crippen molar-refractivity contribution in [3.63, 3.8) is 0 Å². The lowest BCUT2D eigenvalue weighted by Crippen LogP contribution is -2.32. The molecule has 126 valence electrons. The second-order valence-electron chi connectivity index (χ2n) is 6.00. The molecule has 3 rings (SSSR count). The molecule has 1 saturated heterocycles. The molecule has 1 aromatic carbocycles. The summed E-state index contributed by atoms with van der Waals surface area (Å²) in [7, 11) is 0. The number of nitrogens with zero attached hydrogens (tertiary/aromatic N) is 2. The molecule has 5 nitrogen and oxygen atoms in total. The Bertz CT molecular complexity index is 690. The summed E-state index contributed by atoms with van der Waals surface area (Å²) >= 11 is 4.68. The highest BCUT2D eigenvalue weighted by Gasteiger charge is 2.21. The fourth-order valence-corrected chi connectivity index (χ4v) is 3.13. The fourth-order valence-electron chi connectivity index (χ4n) is 3.08. The average Bonchev–Trinajstić information content (AvgIpc) is 3.03. The second-order valence-corrected chi connectivity index (χ2v) is 6.44. The zero-order valence-electron chi connectivity index (χ0n) is 13.5. The summed E-state index contributed by atoms with van der Waals surface area (Å²) in [4.78, 5) is 2.44. The first-order valence-corrected chi connectivity index (χ1v) is 8.56. The van der Waals surface area contributed by atoms with Crippen LogP contribution in [-0.4, -0.2) is 29.3 Å². The van der Waals surface area contributed by atoms with Gasteiger partial charge in [-0.3, -0.25) is 10.3 Å². The molecule has 0 amide bonds. The van der Waals surface area contributed by atoms with Crippen molar-refractivity contribution in [2.45, 2.75) is 25.3 Å². The summed E-state index contributed by atoms with van der Waals surface area (Å²) in [5.74, 6) is 2.31. The maximum Gasteiger partial charge on any atom is 0.184 e. The number of hydrogen-bond acceptors (Lipinski definition) is 4. The molecule has 1 aliphatic rings. The summed E-state index contributed by atoms with van der Waals surface area (Å²) in [6.45, 7) is 3.01. The van der Waals surface area contributed by atoms with Gasteiger partial charge >= 0.3 is 0 Å². The van der Waals surface area contributed by atoms with Crippen LogP contribution >= 0.6 is 12.2 Å². The molecule has 1 fully saturated rings. The first-order valence-electron chi connectivity index (χ1n) is 8.15. The molecule has 0 unspecified atom stereocenters. The van der Waals surface area contributed by atoms with E-state index in [2.05, 4.69) is 58.0 Å². The smallest absolute Gasteiger partial charge is 0.184 e. The lowest BCUT2D eigenvalue weighted by Gasteiger charge is -2.31. The second kappa shape index (κ2) is 8.08. The Hall–Kier alpha value is -2.18. The van der Waals surface area contributed by atoms with E-state index in [4.69, 9.17) is 10.2 Å². The van der Waals surface area contributed by atoms with Gasteiger partial charge in [0.05, 0.1) is 12.8 Å². The number of furan rings is 1. The molecule has 2 aromatic rings. The summed E-state index contributed by atoms with van der Waals surface area (Å²) < 4.78 is 5.76. The van der Waals surface area contributed by atoms with Crippen LogP contribution in [0.3, 0.4) is 0 Å². The first kappa shape index (κ1) is 16.7. The number of benzene rings is 1. The molecule has 0 spiro atoms. The monoisotopic (exact) mass is 342 g/mol. The summed E-state index contributed by atoms with van der Waals surface area (Å²) in [5, 5.41) is 4.03. The topological polar surface area (TPSA) is 66.8 Å². The van der Waals surface area contributed by atoms with Crippen LogP contribution < -0.4 is 11.2 Å². The van der Waals surface area contributed by atoms with Gasteiger partial charge in [0.1, 0.15) is 11.5 Å². The van der Waals surface area contributed by atoms with Gasteiger partial charge in [-0.1, -0.05) is 30.3 Å². The SMILES string of the molecule is NC(=S)N/N=C/c1ccc(CN2CCC(c3ccccc3)CC2)o1. The van der Waals surface area contributed by atoms with E-state index in [0.29, 0.717) is 11.7 Å². The van der Waals surface area contributed by atoms with Gasteiger partial charge in [0.15, 0.2) is 5.11 Å². The first-order chi connectivity index (χ1) is 11.7. The zero-order valence-corrected chi connectivity index (χ0v) is 14.3. The van der Waals surface area contributed by atoms with E-state index in [0.717, 1.165) is 25.4 Å². The molecule has 0 radical (unpaired) electrons. The van der Waals surface area contributed by atoms with Crippen molar-refractivity contribution in [1.29, 1.82) is 0 Å². The Kier molecular flexibility index (Phi) is 5.61.